The molecule has 2 nitrogen and oxygen atoms in total. The van der Waals surface area contributed by atoms with Gasteiger partial charge in [0.25, 0.3) is 0 Å². The van der Waals surface area contributed by atoms with E-state index in [1.165, 1.54) is 37.8 Å². The first-order valence-electron chi connectivity index (χ1n) is 8.29. The highest BCUT2D eigenvalue weighted by molar-refractivity contribution is 8.03. The van der Waals surface area contributed by atoms with Crippen molar-refractivity contribution in [2.45, 2.75) is 50.0 Å². The smallest absolute Gasteiger partial charge is 0.0694 e. The quantitative estimate of drug-likeness (QED) is 0.761. The normalized spacial score (nSPS) is 35.8. The summed E-state index contributed by atoms with van der Waals surface area (Å²) in [5, 5.41) is 2.94. The molecule has 116 valence electrons. The van der Waals surface area contributed by atoms with E-state index in [1.54, 1.807) is 0 Å². The fourth-order valence-electron chi connectivity index (χ4n) is 3.59. The van der Waals surface area contributed by atoms with E-state index < -0.39 is 0 Å². The van der Waals surface area contributed by atoms with Gasteiger partial charge in [-0.1, -0.05) is 37.6 Å². The monoisotopic (exact) mass is 305 g/mol. The topological polar surface area (TPSA) is 12.5 Å². The van der Waals surface area contributed by atoms with Crippen molar-refractivity contribution in [2.24, 2.45) is 5.92 Å². The molecule has 0 aromatic carbocycles. The lowest BCUT2D eigenvalue weighted by Gasteiger charge is -2.37. The van der Waals surface area contributed by atoms with Crippen molar-refractivity contribution in [1.29, 1.82) is 0 Å². The van der Waals surface area contributed by atoms with Gasteiger partial charge in [0.15, 0.2) is 0 Å². The number of likely N-dealkylation sites (tertiary alicyclic amines) is 1. The van der Waals surface area contributed by atoms with Crippen molar-refractivity contribution >= 4 is 11.8 Å². The van der Waals surface area contributed by atoms with Crippen LogP contribution in [0.4, 0.5) is 0 Å². The Balaban J connectivity index is 1.49. The zero-order chi connectivity index (χ0) is 14.7. The maximum Gasteiger partial charge on any atom is 0.0694 e. The van der Waals surface area contributed by atoms with Gasteiger partial charge in [-0.15, -0.1) is 11.8 Å². The summed E-state index contributed by atoms with van der Waals surface area (Å²) in [6, 6.07) is 0.714. The summed E-state index contributed by atoms with van der Waals surface area (Å²) in [7, 11) is 2.26. The van der Waals surface area contributed by atoms with Crippen LogP contribution in [0, 0.1) is 5.92 Å². The second kappa shape index (κ2) is 7.17. The van der Waals surface area contributed by atoms with E-state index in [2.05, 4.69) is 48.6 Å². The number of ether oxygens (including phenoxy) is 1. The number of fused-ring (bicyclic) bond motifs is 1. The third-order valence-corrected chi connectivity index (χ3v) is 6.16. The van der Waals surface area contributed by atoms with Gasteiger partial charge in [0.05, 0.1) is 12.7 Å². The lowest BCUT2D eigenvalue weighted by Crippen LogP contribution is -2.42. The Bertz CT molecular complexity index is 442. The molecule has 0 saturated carbocycles. The van der Waals surface area contributed by atoms with Crippen LogP contribution in [0.25, 0.3) is 0 Å². The molecule has 0 bridgehead atoms. The molecule has 21 heavy (non-hydrogen) atoms. The highest BCUT2D eigenvalue weighted by atomic mass is 32.2. The first kappa shape index (κ1) is 15.4. The van der Waals surface area contributed by atoms with Gasteiger partial charge < -0.3 is 9.64 Å². The first-order chi connectivity index (χ1) is 10.3. The van der Waals surface area contributed by atoms with E-state index >= 15 is 0 Å². The number of rotatable bonds is 5. The summed E-state index contributed by atoms with van der Waals surface area (Å²) in [6.45, 7) is 4.28. The van der Waals surface area contributed by atoms with Crippen LogP contribution in [0.3, 0.4) is 0 Å². The molecule has 1 aliphatic carbocycles. The number of allylic oxidation sites excluding steroid dienone is 3. The Labute approximate surface area is 133 Å². The lowest BCUT2D eigenvalue weighted by atomic mass is 9.93. The highest BCUT2D eigenvalue weighted by Gasteiger charge is 2.30. The molecule has 4 atom stereocenters. The van der Waals surface area contributed by atoms with Gasteiger partial charge in [0.2, 0.25) is 0 Å². The molecule has 3 rings (SSSR count). The van der Waals surface area contributed by atoms with Crippen LogP contribution in [0.5, 0.6) is 0 Å². The van der Waals surface area contributed by atoms with Crippen LogP contribution in [-0.2, 0) is 4.74 Å². The van der Waals surface area contributed by atoms with E-state index in [9.17, 15) is 0 Å². The molecular formula is C18H27NOS. The molecular weight excluding hydrogens is 278 g/mol. The molecule has 0 aromatic rings. The van der Waals surface area contributed by atoms with Crippen molar-refractivity contribution in [3.8, 4) is 0 Å². The fourth-order valence-corrected chi connectivity index (χ4v) is 4.77. The van der Waals surface area contributed by atoms with Gasteiger partial charge >= 0.3 is 0 Å². The van der Waals surface area contributed by atoms with Crippen LogP contribution in [0.2, 0.25) is 0 Å². The predicted molar refractivity (Wildman–Crippen MR) is 91.5 cm³/mol. The van der Waals surface area contributed by atoms with Crippen LogP contribution in [-0.4, -0.2) is 42.5 Å². The van der Waals surface area contributed by atoms with Gasteiger partial charge in [-0.3, -0.25) is 0 Å². The predicted octanol–water partition coefficient (Wildman–Crippen LogP) is 4.01. The summed E-state index contributed by atoms with van der Waals surface area (Å²) in [5.74, 6) is 0.567. The Kier molecular flexibility index (Phi) is 5.25. The summed E-state index contributed by atoms with van der Waals surface area (Å²) in [6.07, 6.45) is 14.4. The van der Waals surface area contributed by atoms with Crippen LogP contribution < -0.4 is 0 Å². The second-order valence-corrected chi connectivity index (χ2v) is 7.52. The van der Waals surface area contributed by atoms with E-state index in [1.807, 2.05) is 11.8 Å². The SMILES string of the molecule is CCCC1CC(OCC2=CSC3C=CC=CC23)CCN1C. The number of thioether (sulfide) groups is 1. The van der Waals surface area contributed by atoms with Crippen molar-refractivity contribution < 1.29 is 4.74 Å². The molecule has 0 aromatic heterocycles. The number of piperidine rings is 1. The van der Waals surface area contributed by atoms with Gasteiger partial charge in [-0.05, 0) is 37.3 Å². The van der Waals surface area contributed by atoms with E-state index in [4.69, 9.17) is 4.74 Å². The average molecular weight is 305 g/mol. The van der Waals surface area contributed by atoms with Gasteiger partial charge in [0, 0.05) is 23.8 Å². The fraction of sp³-hybridized carbons (Fsp3) is 0.667. The zero-order valence-corrected chi connectivity index (χ0v) is 14.0. The van der Waals surface area contributed by atoms with E-state index in [-0.39, 0.29) is 0 Å². The Hall–Kier alpha value is -0.510. The van der Waals surface area contributed by atoms with Crippen molar-refractivity contribution in [1.82, 2.24) is 4.90 Å². The molecule has 0 N–H and O–H groups in total. The molecule has 3 aliphatic rings. The minimum Gasteiger partial charge on any atom is -0.374 e. The van der Waals surface area contributed by atoms with E-state index in [0.29, 0.717) is 23.3 Å². The number of hydrogen-bond acceptors (Lipinski definition) is 3. The Morgan fingerprint density at radius 3 is 3.05 bits per heavy atom. The summed E-state index contributed by atoms with van der Waals surface area (Å²) in [4.78, 5) is 2.51. The third kappa shape index (κ3) is 3.64. The molecule has 2 aliphatic heterocycles. The van der Waals surface area contributed by atoms with Crippen molar-refractivity contribution in [2.75, 3.05) is 20.2 Å². The lowest BCUT2D eigenvalue weighted by molar-refractivity contribution is -0.00173. The minimum absolute atomic E-state index is 0.450. The van der Waals surface area contributed by atoms with Crippen molar-refractivity contribution in [3.05, 3.63) is 35.3 Å². The van der Waals surface area contributed by atoms with Gasteiger partial charge in [0.1, 0.15) is 0 Å². The Morgan fingerprint density at radius 1 is 1.33 bits per heavy atom. The molecule has 2 heterocycles. The van der Waals surface area contributed by atoms with Crippen LogP contribution >= 0.6 is 11.8 Å². The molecule has 4 unspecified atom stereocenters. The minimum atomic E-state index is 0.450. The largest absolute Gasteiger partial charge is 0.374 e. The number of nitrogens with zero attached hydrogens (tertiary/aromatic N) is 1. The maximum atomic E-state index is 6.27. The van der Waals surface area contributed by atoms with Crippen LogP contribution in [0.1, 0.15) is 32.6 Å². The molecule has 0 amide bonds. The first-order valence-corrected chi connectivity index (χ1v) is 9.23. The summed E-state index contributed by atoms with van der Waals surface area (Å²) >= 11 is 1.94. The average Bonchev–Trinajstić information content (AvgIpc) is 2.92. The molecule has 0 radical (unpaired) electrons. The maximum absolute atomic E-state index is 6.27. The molecule has 3 heteroatoms. The van der Waals surface area contributed by atoms with Gasteiger partial charge in [-0.2, -0.15) is 0 Å². The third-order valence-electron chi connectivity index (χ3n) is 4.96. The number of hydrogen-bond donors (Lipinski definition) is 0. The Morgan fingerprint density at radius 2 is 2.19 bits per heavy atom. The highest BCUT2D eigenvalue weighted by Crippen LogP contribution is 2.39. The second-order valence-electron chi connectivity index (χ2n) is 6.47. The molecule has 0 spiro atoms. The molecule has 1 saturated heterocycles. The zero-order valence-electron chi connectivity index (χ0n) is 13.2. The van der Waals surface area contributed by atoms with Gasteiger partial charge in [-0.25, -0.2) is 0 Å². The van der Waals surface area contributed by atoms with Crippen LogP contribution in [0.15, 0.2) is 35.3 Å². The van der Waals surface area contributed by atoms with E-state index in [0.717, 1.165) is 6.61 Å². The summed E-state index contributed by atoms with van der Waals surface area (Å²) < 4.78 is 6.27. The summed E-state index contributed by atoms with van der Waals surface area (Å²) in [5.41, 5.74) is 1.47. The molecule has 1 fully saturated rings. The van der Waals surface area contributed by atoms with Crippen molar-refractivity contribution in [3.63, 3.8) is 0 Å². The standard InChI is InChI=1S/C18H27NOS/c1-3-6-15-11-16(9-10-19(15)2)20-12-14-13-21-18-8-5-4-7-17(14)18/h4-5,7-8,13,15-18H,3,6,9-12H2,1-2H3.